The minimum atomic E-state index is -0.0143. The highest BCUT2D eigenvalue weighted by Gasteiger charge is 2.28. The maximum atomic E-state index is 11.3. The van der Waals surface area contributed by atoms with Crippen LogP contribution in [-0.4, -0.2) is 59.5 Å². The Hall–Kier alpha value is -3.50. The van der Waals surface area contributed by atoms with Crippen molar-refractivity contribution in [2.75, 3.05) is 48.3 Å². The zero-order valence-corrected chi connectivity index (χ0v) is 29.4. The molecule has 46 heavy (non-hydrogen) atoms. The summed E-state index contributed by atoms with van der Waals surface area (Å²) in [6.45, 7) is 12.2. The van der Waals surface area contributed by atoms with Crippen molar-refractivity contribution in [1.29, 1.82) is 0 Å². The molecule has 0 unspecified atom stereocenters. The molecule has 0 saturated heterocycles. The van der Waals surface area contributed by atoms with Crippen LogP contribution < -0.4 is 21.3 Å². The first kappa shape index (κ1) is 37.0. The van der Waals surface area contributed by atoms with E-state index in [9.17, 15) is 9.59 Å². The smallest absolute Gasteiger partial charge is 0.229 e. The zero-order valence-electron chi connectivity index (χ0n) is 27.6. The average molecular weight is 663 g/mol. The molecule has 8 nitrogen and oxygen atoms in total. The molecular formula is C36H50N6O2S2. The third-order valence-corrected chi connectivity index (χ3v) is 8.21. The number of nitrogens with zero attached hydrogens (tertiary/aromatic N) is 2. The van der Waals surface area contributed by atoms with Crippen molar-refractivity contribution >= 4 is 70.3 Å². The van der Waals surface area contributed by atoms with Crippen molar-refractivity contribution in [3.63, 3.8) is 0 Å². The van der Waals surface area contributed by atoms with Crippen LogP contribution >= 0.6 is 25.3 Å². The number of hydrogen-bond acceptors (Lipinski definition) is 8. The first-order chi connectivity index (χ1) is 22.0. The lowest BCUT2D eigenvalue weighted by Crippen LogP contribution is -2.33. The molecule has 2 aromatic heterocycles. The molecule has 4 aromatic rings. The quantitative estimate of drug-likeness (QED) is 0.0570. The molecule has 0 bridgehead atoms. The minimum absolute atomic E-state index is 0.00600. The van der Waals surface area contributed by atoms with E-state index in [1.54, 1.807) is 6.20 Å². The van der Waals surface area contributed by atoms with Gasteiger partial charge in [0.1, 0.15) is 0 Å². The normalized spacial score (nSPS) is 11.4. The van der Waals surface area contributed by atoms with Gasteiger partial charge in [0.05, 0.1) is 33.9 Å². The van der Waals surface area contributed by atoms with E-state index in [0.717, 1.165) is 72.0 Å². The fraction of sp³-hybridized carbons (Fsp3) is 0.444. The molecular weight excluding hydrogens is 613 g/mol. The maximum absolute atomic E-state index is 11.3. The van der Waals surface area contributed by atoms with E-state index in [4.69, 9.17) is 0 Å². The van der Waals surface area contributed by atoms with Crippen molar-refractivity contribution in [3.8, 4) is 0 Å². The van der Waals surface area contributed by atoms with E-state index in [2.05, 4.69) is 121 Å². The van der Waals surface area contributed by atoms with Crippen LogP contribution in [0.4, 0.5) is 11.4 Å². The van der Waals surface area contributed by atoms with Gasteiger partial charge in [-0.15, -0.1) is 0 Å². The van der Waals surface area contributed by atoms with Gasteiger partial charge in [-0.05, 0) is 60.8 Å². The number of fused-ring (bicyclic) bond motifs is 2. The highest BCUT2D eigenvalue weighted by atomic mass is 32.1. The lowest BCUT2D eigenvalue weighted by molar-refractivity contribution is -0.119. The van der Waals surface area contributed by atoms with Crippen LogP contribution in [0.5, 0.6) is 0 Å². The number of unbranched alkanes of at least 4 members (excludes halogenated alkanes) is 1. The second-order valence-corrected chi connectivity index (χ2v) is 13.7. The molecule has 2 aromatic carbocycles. The van der Waals surface area contributed by atoms with Crippen molar-refractivity contribution in [2.24, 2.45) is 10.8 Å². The number of amides is 2. The van der Waals surface area contributed by atoms with Gasteiger partial charge in [0, 0.05) is 49.3 Å². The Kier molecular flexibility index (Phi) is 14.9. The fourth-order valence-corrected chi connectivity index (χ4v) is 5.85. The maximum Gasteiger partial charge on any atom is 0.229 e. The molecule has 0 radical (unpaired) electrons. The lowest BCUT2D eigenvalue weighted by Gasteiger charge is -2.35. The second kappa shape index (κ2) is 18.6. The number of nitrogens with one attached hydrogen (secondary N) is 4. The van der Waals surface area contributed by atoms with E-state index in [0.29, 0.717) is 13.1 Å². The first-order valence-electron chi connectivity index (χ1n) is 15.9. The summed E-state index contributed by atoms with van der Waals surface area (Å²) in [6, 6.07) is 20.4. The number of thiol groups is 2. The molecule has 4 rings (SSSR count). The highest BCUT2D eigenvalue weighted by Crippen LogP contribution is 2.36. The summed E-state index contributed by atoms with van der Waals surface area (Å²) in [5.41, 5.74) is 4.41. The molecule has 2 amide bonds. The Morgan fingerprint density at radius 1 is 0.652 bits per heavy atom. The second-order valence-electron chi connectivity index (χ2n) is 13.0. The van der Waals surface area contributed by atoms with Crippen LogP contribution in [0, 0.1) is 10.8 Å². The fourth-order valence-electron chi connectivity index (χ4n) is 5.63. The van der Waals surface area contributed by atoms with E-state index in [1.807, 2.05) is 30.5 Å². The van der Waals surface area contributed by atoms with E-state index in [-0.39, 0.29) is 34.2 Å². The number of benzene rings is 2. The Labute approximate surface area is 285 Å². The van der Waals surface area contributed by atoms with Gasteiger partial charge in [-0.25, -0.2) is 0 Å². The largest absolute Gasteiger partial charge is 0.383 e. The van der Waals surface area contributed by atoms with Gasteiger partial charge in [-0.2, -0.15) is 25.3 Å². The predicted octanol–water partition coefficient (Wildman–Crippen LogP) is 7.00. The van der Waals surface area contributed by atoms with Crippen molar-refractivity contribution in [3.05, 3.63) is 73.1 Å². The lowest BCUT2D eigenvalue weighted by atomic mass is 9.73. The van der Waals surface area contributed by atoms with Gasteiger partial charge in [0.2, 0.25) is 11.8 Å². The van der Waals surface area contributed by atoms with Gasteiger partial charge in [0.25, 0.3) is 0 Å². The standard InChI is InChI=1S/C21H31N3OS.C15H19N3OS/c1-20(2,10-12-22-18(25)13-26)14-21(3,4)15-24-17-9-5-7-16-8-6-11-23-19(16)17;19-14(11-20)17-9-2-1-8-16-13-7-3-5-12-6-4-10-18-15(12)13/h5-9,11,24,26H,10,12-15H2,1-4H3,(H,22,25);3-7,10,16,20H,1-2,8-9,11H2,(H,17,19). The average Bonchev–Trinajstić information content (AvgIpc) is 3.04. The number of pyridine rings is 2. The minimum Gasteiger partial charge on any atom is -0.383 e. The Morgan fingerprint density at radius 3 is 1.72 bits per heavy atom. The Bertz CT molecular complexity index is 1540. The molecule has 4 N–H and O–H groups in total. The van der Waals surface area contributed by atoms with Crippen molar-refractivity contribution < 1.29 is 9.59 Å². The van der Waals surface area contributed by atoms with Crippen LogP contribution in [-0.2, 0) is 9.59 Å². The van der Waals surface area contributed by atoms with Crippen molar-refractivity contribution in [1.82, 2.24) is 20.6 Å². The number of anilines is 2. The summed E-state index contributed by atoms with van der Waals surface area (Å²) in [4.78, 5) is 31.3. The number of aromatic nitrogens is 2. The highest BCUT2D eigenvalue weighted by molar-refractivity contribution is 7.81. The number of carbonyl (C=O) groups excluding carboxylic acids is 2. The number of hydrogen-bond donors (Lipinski definition) is 6. The van der Waals surface area contributed by atoms with Gasteiger partial charge < -0.3 is 21.3 Å². The van der Waals surface area contributed by atoms with E-state index in [1.165, 1.54) is 0 Å². The summed E-state index contributed by atoms with van der Waals surface area (Å²) in [6.07, 6.45) is 7.59. The summed E-state index contributed by atoms with van der Waals surface area (Å²) in [5.74, 6) is 0.475. The monoisotopic (exact) mass is 662 g/mol. The Morgan fingerprint density at radius 2 is 1.15 bits per heavy atom. The van der Waals surface area contributed by atoms with Crippen LogP contribution in [0.2, 0.25) is 0 Å². The van der Waals surface area contributed by atoms with E-state index < -0.39 is 0 Å². The van der Waals surface area contributed by atoms with Gasteiger partial charge >= 0.3 is 0 Å². The third-order valence-electron chi connectivity index (χ3n) is 7.63. The molecule has 0 saturated carbocycles. The van der Waals surface area contributed by atoms with Gasteiger partial charge in [0.15, 0.2) is 0 Å². The summed E-state index contributed by atoms with van der Waals surface area (Å²) in [5, 5.41) is 15.0. The number of para-hydroxylation sites is 2. The first-order valence-corrected chi connectivity index (χ1v) is 17.2. The molecule has 0 aliphatic heterocycles. The van der Waals surface area contributed by atoms with Crippen molar-refractivity contribution in [2.45, 2.75) is 53.4 Å². The van der Waals surface area contributed by atoms with Crippen LogP contribution in [0.25, 0.3) is 21.8 Å². The molecule has 10 heteroatoms. The molecule has 0 aliphatic rings. The third kappa shape index (κ3) is 12.7. The molecule has 248 valence electrons. The molecule has 2 heterocycles. The van der Waals surface area contributed by atoms with Gasteiger partial charge in [-0.3, -0.25) is 19.6 Å². The molecule has 0 atom stereocenters. The number of carbonyl (C=O) groups is 2. The van der Waals surface area contributed by atoms with Crippen LogP contribution in [0.3, 0.4) is 0 Å². The predicted molar refractivity (Wildman–Crippen MR) is 200 cm³/mol. The molecule has 0 fully saturated rings. The van der Waals surface area contributed by atoms with E-state index >= 15 is 0 Å². The Balaban J connectivity index is 0.000000259. The zero-order chi connectivity index (χ0) is 33.4. The topological polar surface area (TPSA) is 108 Å². The molecule has 0 spiro atoms. The SMILES string of the molecule is CC(C)(CCNC(=O)CS)CC(C)(C)CNc1cccc2cccnc12.O=C(CS)NCCCCNc1cccc2cccnc12. The van der Waals surface area contributed by atoms with Crippen LogP contribution in [0.15, 0.2) is 73.1 Å². The summed E-state index contributed by atoms with van der Waals surface area (Å²) >= 11 is 7.90. The summed E-state index contributed by atoms with van der Waals surface area (Å²) < 4.78 is 0. The number of rotatable bonds is 16. The summed E-state index contributed by atoms with van der Waals surface area (Å²) in [7, 11) is 0. The molecule has 0 aliphatic carbocycles. The van der Waals surface area contributed by atoms with Crippen LogP contribution in [0.1, 0.15) is 53.4 Å². The van der Waals surface area contributed by atoms with Gasteiger partial charge in [-0.1, -0.05) is 64.1 Å².